The van der Waals surface area contributed by atoms with E-state index in [-0.39, 0.29) is 37.3 Å². The largest absolute Gasteiger partial charge is 0.466 e. The number of esters is 1. The van der Waals surface area contributed by atoms with E-state index in [4.69, 9.17) is 15.5 Å². The number of hydrogen-bond donors (Lipinski definition) is 2. The van der Waals surface area contributed by atoms with Crippen molar-refractivity contribution in [1.82, 2.24) is 14.5 Å². The van der Waals surface area contributed by atoms with Gasteiger partial charge in [-0.15, -0.1) is 0 Å². The van der Waals surface area contributed by atoms with Gasteiger partial charge >= 0.3 is 5.97 Å². The van der Waals surface area contributed by atoms with Crippen LogP contribution in [0.1, 0.15) is 41.5 Å². The van der Waals surface area contributed by atoms with E-state index in [2.05, 4.69) is 15.3 Å². The van der Waals surface area contributed by atoms with E-state index in [1.165, 1.54) is 4.90 Å². The van der Waals surface area contributed by atoms with Gasteiger partial charge in [-0.05, 0) is 61.9 Å². The number of fused-ring (bicyclic) bond motifs is 1. The molecule has 0 bridgehead atoms. The molecule has 2 amide bonds. The maximum atomic E-state index is 13.6. The van der Waals surface area contributed by atoms with Crippen molar-refractivity contribution in [2.75, 3.05) is 18.5 Å². The molecule has 11 heteroatoms. The quantitative estimate of drug-likeness (QED) is 0.173. The third kappa shape index (κ3) is 6.68. The molecule has 2 aromatic carbocycles. The molecular formula is C29H31N7O4. The van der Waals surface area contributed by atoms with Crippen molar-refractivity contribution in [1.29, 1.82) is 0 Å². The lowest BCUT2D eigenvalue weighted by atomic mass is 10.1. The SMILES string of the molecule is CCOC(=O)CCN(C(=O)c1ccc2c(c1)nc(CNc1ccc(C(N)=NC=O)cc1)n2C)C1=NC=CCC=C1. The lowest BCUT2D eigenvalue weighted by Gasteiger charge is -2.22. The molecule has 4 rings (SSSR count). The molecular weight excluding hydrogens is 510 g/mol. The minimum Gasteiger partial charge on any atom is -0.466 e. The van der Waals surface area contributed by atoms with Crippen molar-refractivity contribution >= 4 is 46.7 Å². The van der Waals surface area contributed by atoms with Crippen LogP contribution in [0.3, 0.4) is 0 Å². The Balaban J connectivity index is 1.53. The molecule has 2 heterocycles. The molecule has 3 N–H and O–H groups in total. The molecule has 0 unspecified atom stereocenters. The van der Waals surface area contributed by atoms with Gasteiger partial charge in [-0.25, -0.2) is 9.98 Å². The number of aromatic nitrogens is 2. The molecule has 1 aliphatic heterocycles. The van der Waals surface area contributed by atoms with Crippen molar-refractivity contribution in [3.63, 3.8) is 0 Å². The van der Waals surface area contributed by atoms with Crippen LogP contribution in [0.5, 0.6) is 0 Å². The number of nitrogens with zero attached hydrogens (tertiary/aromatic N) is 5. The molecule has 0 atom stereocenters. The Kier molecular flexibility index (Phi) is 9.19. The summed E-state index contributed by atoms with van der Waals surface area (Å²) in [6.07, 6.45) is 8.40. The Hall–Kier alpha value is -5.06. The highest BCUT2D eigenvalue weighted by Gasteiger charge is 2.22. The number of amidine groups is 2. The summed E-state index contributed by atoms with van der Waals surface area (Å²) in [5, 5.41) is 3.32. The summed E-state index contributed by atoms with van der Waals surface area (Å²) in [6.45, 7) is 2.59. The summed E-state index contributed by atoms with van der Waals surface area (Å²) in [5.74, 6) is 0.719. The summed E-state index contributed by atoms with van der Waals surface area (Å²) >= 11 is 0. The zero-order valence-corrected chi connectivity index (χ0v) is 22.4. The van der Waals surface area contributed by atoms with E-state index in [1.54, 1.807) is 43.5 Å². The monoisotopic (exact) mass is 541 g/mol. The Labute approximate surface area is 231 Å². The fourth-order valence-corrected chi connectivity index (χ4v) is 4.17. The number of carbonyl (C=O) groups excluding carboxylic acids is 3. The second-order valence-corrected chi connectivity index (χ2v) is 8.86. The molecule has 0 fully saturated rings. The number of ether oxygens (including phenoxy) is 1. The number of hydrogen-bond acceptors (Lipinski definition) is 7. The van der Waals surface area contributed by atoms with Gasteiger partial charge in [0, 0.05) is 36.6 Å². The molecule has 0 radical (unpaired) electrons. The lowest BCUT2D eigenvalue weighted by Crippen LogP contribution is -2.37. The zero-order chi connectivity index (χ0) is 28.5. The molecule has 0 saturated carbocycles. The van der Waals surface area contributed by atoms with Crippen LogP contribution < -0.4 is 11.1 Å². The predicted molar refractivity (Wildman–Crippen MR) is 154 cm³/mol. The normalized spacial score (nSPS) is 13.1. The Morgan fingerprint density at radius 3 is 2.70 bits per heavy atom. The molecule has 40 heavy (non-hydrogen) atoms. The number of nitrogens with two attached hydrogens (primary N) is 1. The van der Waals surface area contributed by atoms with E-state index in [9.17, 15) is 14.4 Å². The number of anilines is 1. The van der Waals surface area contributed by atoms with Crippen LogP contribution >= 0.6 is 0 Å². The lowest BCUT2D eigenvalue weighted by molar-refractivity contribution is -0.143. The average Bonchev–Trinajstić information content (AvgIpc) is 3.09. The first kappa shape index (κ1) is 28.0. The van der Waals surface area contributed by atoms with Gasteiger partial charge in [0.25, 0.3) is 5.91 Å². The summed E-state index contributed by atoms with van der Waals surface area (Å²) in [5.41, 5.74) is 9.21. The van der Waals surface area contributed by atoms with E-state index >= 15 is 0 Å². The minimum atomic E-state index is -0.376. The molecule has 0 spiro atoms. The number of imidazole rings is 1. The minimum absolute atomic E-state index is 0.0509. The number of benzene rings is 2. The first-order valence-corrected chi connectivity index (χ1v) is 12.8. The van der Waals surface area contributed by atoms with Crippen molar-refractivity contribution in [2.24, 2.45) is 22.8 Å². The fourth-order valence-electron chi connectivity index (χ4n) is 4.17. The highest BCUT2D eigenvalue weighted by molar-refractivity contribution is 6.11. The van der Waals surface area contributed by atoms with E-state index in [1.807, 2.05) is 42.0 Å². The first-order chi connectivity index (χ1) is 19.4. The number of nitrogens with one attached hydrogen (secondary N) is 1. The van der Waals surface area contributed by atoms with Crippen LogP contribution in [0.4, 0.5) is 5.69 Å². The number of allylic oxidation sites excluding steroid dienone is 2. The second-order valence-electron chi connectivity index (χ2n) is 8.86. The topological polar surface area (TPSA) is 144 Å². The molecule has 1 aromatic heterocycles. The van der Waals surface area contributed by atoms with Gasteiger partial charge in [0.2, 0.25) is 6.41 Å². The van der Waals surface area contributed by atoms with Gasteiger partial charge in [-0.1, -0.05) is 12.2 Å². The molecule has 206 valence electrons. The van der Waals surface area contributed by atoms with Crippen LogP contribution in [-0.4, -0.2) is 57.6 Å². The van der Waals surface area contributed by atoms with E-state index in [0.717, 1.165) is 17.0 Å². The maximum absolute atomic E-state index is 13.6. The van der Waals surface area contributed by atoms with Crippen LogP contribution in [0, 0.1) is 0 Å². The van der Waals surface area contributed by atoms with Crippen molar-refractivity contribution < 1.29 is 19.1 Å². The maximum Gasteiger partial charge on any atom is 0.307 e. The average molecular weight is 542 g/mol. The van der Waals surface area contributed by atoms with Crippen molar-refractivity contribution in [2.45, 2.75) is 26.3 Å². The standard InChI is InChI=1S/C29H31N7O4/c1-3-40-27(38)14-16-36(25-7-5-4-6-15-31-25)29(39)21-10-13-24-23(17-21)34-26(35(24)2)18-32-22-11-8-20(9-12-22)28(30)33-19-37/h5-13,15,17,19,32H,3-4,14,16,18H2,1-2H3,(H2,30,33,37). The van der Waals surface area contributed by atoms with E-state index in [0.29, 0.717) is 41.9 Å². The molecule has 0 aliphatic carbocycles. The zero-order valence-electron chi connectivity index (χ0n) is 22.4. The van der Waals surface area contributed by atoms with E-state index < -0.39 is 0 Å². The molecule has 0 saturated heterocycles. The van der Waals surface area contributed by atoms with Crippen LogP contribution in [0.2, 0.25) is 0 Å². The van der Waals surface area contributed by atoms with Crippen LogP contribution in [0.15, 0.2) is 76.9 Å². The van der Waals surface area contributed by atoms with Gasteiger partial charge in [-0.3, -0.25) is 19.3 Å². The Morgan fingerprint density at radius 1 is 1.18 bits per heavy atom. The number of amides is 2. The third-order valence-corrected chi connectivity index (χ3v) is 6.26. The van der Waals surface area contributed by atoms with Crippen LogP contribution in [-0.2, 0) is 27.9 Å². The summed E-state index contributed by atoms with van der Waals surface area (Å²) < 4.78 is 7.01. The highest BCUT2D eigenvalue weighted by Crippen LogP contribution is 2.20. The molecule has 1 aliphatic rings. The number of aliphatic imine (C=N–C) groups is 2. The molecule has 3 aromatic rings. The van der Waals surface area contributed by atoms with Crippen molar-refractivity contribution in [3.8, 4) is 0 Å². The Morgan fingerprint density at radius 2 is 1.95 bits per heavy atom. The third-order valence-electron chi connectivity index (χ3n) is 6.26. The summed E-state index contributed by atoms with van der Waals surface area (Å²) in [7, 11) is 1.91. The van der Waals surface area contributed by atoms with Gasteiger partial charge in [0.1, 0.15) is 17.5 Å². The fraction of sp³-hybridized carbons (Fsp3) is 0.241. The molecule has 11 nitrogen and oxygen atoms in total. The Bertz CT molecular complexity index is 1520. The van der Waals surface area contributed by atoms with Gasteiger partial charge < -0.3 is 20.4 Å². The first-order valence-electron chi connectivity index (χ1n) is 12.8. The smallest absolute Gasteiger partial charge is 0.307 e. The van der Waals surface area contributed by atoms with Crippen molar-refractivity contribution in [3.05, 3.63) is 83.8 Å². The summed E-state index contributed by atoms with van der Waals surface area (Å²) in [6, 6.07) is 12.6. The predicted octanol–water partition coefficient (Wildman–Crippen LogP) is 3.31. The second kappa shape index (κ2) is 13.1. The van der Waals surface area contributed by atoms with Gasteiger partial charge in [0.05, 0.1) is 30.6 Å². The van der Waals surface area contributed by atoms with Gasteiger partial charge in [0.15, 0.2) is 0 Å². The highest BCUT2D eigenvalue weighted by atomic mass is 16.5. The van der Waals surface area contributed by atoms with Crippen LogP contribution in [0.25, 0.3) is 11.0 Å². The number of carbonyl (C=O) groups is 3. The number of rotatable bonds is 10. The summed E-state index contributed by atoms with van der Waals surface area (Å²) in [4.78, 5) is 50.4. The van der Waals surface area contributed by atoms with Gasteiger partial charge in [-0.2, -0.15) is 4.99 Å². The number of aryl methyl sites for hydroxylation is 1.